The summed E-state index contributed by atoms with van der Waals surface area (Å²) in [4.78, 5) is 13.1. The second kappa shape index (κ2) is 4.58. The molecule has 0 aromatic heterocycles. The fourth-order valence-electron chi connectivity index (χ4n) is 2.53. The van der Waals surface area contributed by atoms with Gasteiger partial charge < -0.3 is 9.69 Å². The molecule has 0 spiro atoms. The monoisotopic (exact) mass is 281 g/mol. The molecule has 1 atom stereocenters. The molecule has 1 unspecified atom stereocenters. The van der Waals surface area contributed by atoms with Gasteiger partial charge in [-0.3, -0.25) is 0 Å². The maximum absolute atomic E-state index is 10.7. The molecule has 16 heavy (non-hydrogen) atoms. The third-order valence-corrected chi connectivity index (χ3v) is 3.59. The Kier molecular flexibility index (Phi) is 3.33. The molecule has 0 amide bonds. The molecule has 2 nitrogen and oxygen atoms in total. The highest BCUT2D eigenvalue weighted by Gasteiger charge is 2.30. The first kappa shape index (κ1) is 11.6. The zero-order valence-electron chi connectivity index (χ0n) is 9.61. The lowest BCUT2D eigenvalue weighted by Crippen LogP contribution is -2.37. The summed E-state index contributed by atoms with van der Waals surface area (Å²) in [6, 6.07) is 7.14. The van der Waals surface area contributed by atoms with E-state index >= 15 is 0 Å². The van der Waals surface area contributed by atoms with Crippen molar-refractivity contribution in [2.24, 2.45) is 0 Å². The molecule has 2 rings (SSSR count). The molecule has 1 heterocycles. The van der Waals surface area contributed by atoms with Crippen molar-refractivity contribution in [3.63, 3.8) is 0 Å². The molecular formula is C13H16BrNO. The van der Waals surface area contributed by atoms with Crippen LogP contribution in [0.1, 0.15) is 25.8 Å². The van der Waals surface area contributed by atoms with E-state index in [4.69, 9.17) is 0 Å². The summed E-state index contributed by atoms with van der Waals surface area (Å²) in [5.41, 5.74) is 2.62. The molecule has 1 aromatic carbocycles. The Bertz CT molecular complexity index is 403. The number of anilines is 1. The number of carbonyl (C=O) groups excluding carboxylic acids is 1. The van der Waals surface area contributed by atoms with E-state index in [-0.39, 0.29) is 0 Å². The summed E-state index contributed by atoms with van der Waals surface area (Å²) in [6.45, 7) is 4.35. The Morgan fingerprint density at radius 2 is 2.31 bits per heavy atom. The van der Waals surface area contributed by atoms with Crippen molar-refractivity contribution in [3.8, 4) is 0 Å². The first-order valence-electron chi connectivity index (χ1n) is 5.64. The van der Waals surface area contributed by atoms with Gasteiger partial charge in [-0.05, 0) is 44.0 Å². The Morgan fingerprint density at radius 1 is 1.56 bits per heavy atom. The summed E-state index contributed by atoms with van der Waals surface area (Å²) in [7, 11) is 0. The molecular weight excluding hydrogens is 266 g/mol. The van der Waals surface area contributed by atoms with Gasteiger partial charge in [0.15, 0.2) is 0 Å². The highest BCUT2D eigenvalue weighted by Crippen LogP contribution is 2.36. The van der Waals surface area contributed by atoms with E-state index in [1.54, 1.807) is 0 Å². The van der Waals surface area contributed by atoms with Crippen LogP contribution in [0.25, 0.3) is 0 Å². The number of nitrogens with zero attached hydrogens (tertiary/aromatic N) is 1. The van der Waals surface area contributed by atoms with Crippen LogP contribution < -0.4 is 4.90 Å². The van der Waals surface area contributed by atoms with Crippen LogP contribution in [-0.2, 0) is 11.2 Å². The number of carbonyl (C=O) groups is 1. The molecule has 1 aromatic rings. The third kappa shape index (κ3) is 2.01. The van der Waals surface area contributed by atoms with Gasteiger partial charge >= 0.3 is 0 Å². The Morgan fingerprint density at radius 3 is 2.94 bits per heavy atom. The van der Waals surface area contributed by atoms with Crippen LogP contribution in [0, 0.1) is 0 Å². The number of rotatable bonds is 3. The van der Waals surface area contributed by atoms with Crippen LogP contribution in [0.15, 0.2) is 22.7 Å². The predicted molar refractivity (Wildman–Crippen MR) is 69.9 cm³/mol. The summed E-state index contributed by atoms with van der Waals surface area (Å²) >= 11 is 3.49. The summed E-state index contributed by atoms with van der Waals surface area (Å²) in [5, 5.41) is 0. The molecule has 1 aliphatic rings. The third-order valence-electron chi connectivity index (χ3n) is 3.09. The summed E-state index contributed by atoms with van der Waals surface area (Å²) in [5.74, 6) is 0. The molecule has 0 N–H and O–H groups in total. The number of benzene rings is 1. The van der Waals surface area contributed by atoms with Crippen molar-refractivity contribution in [2.45, 2.75) is 38.8 Å². The van der Waals surface area contributed by atoms with E-state index in [2.05, 4.69) is 52.9 Å². The number of halogens is 1. The molecule has 86 valence electrons. The second-order valence-electron chi connectivity index (χ2n) is 4.53. The average molecular weight is 282 g/mol. The van der Waals surface area contributed by atoms with Gasteiger partial charge in [0, 0.05) is 28.7 Å². The van der Waals surface area contributed by atoms with Crippen LogP contribution in [0.5, 0.6) is 0 Å². The van der Waals surface area contributed by atoms with Gasteiger partial charge in [0.2, 0.25) is 0 Å². The number of aldehydes is 1. The Balaban J connectivity index is 2.36. The number of hydrogen-bond donors (Lipinski definition) is 0. The minimum atomic E-state index is 0.335. The van der Waals surface area contributed by atoms with Crippen molar-refractivity contribution >= 4 is 27.9 Å². The minimum Gasteiger partial charge on any atom is -0.365 e. The zero-order valence-corrected chi connectivity index (χ0v) is 11.2. The lowest BCUT2D eigenvalue weighted by molar-refractivity contribution is -0.108. The maximum atomic E-state index is 10.7. The number of hydrogen-bond acceptors (Lipinski definition) is 2. The van der Waals surface area contributed by atoms with Gasteiger partial charge in [-0.1, -0.05) is 15.9 Å². The van der Waals surface area contributed by atoms with Gasteiger partial charge in [-0.25, -0.2) is 0 Å². The van der Waals surface area contributed by atoms with E-state index in [9.17, 15) is 4.79 Å². The standard InChI is InChI=1S/C13H16BrNO/c1-9(2)15-12(5-6-16)8-10-7-11(14)3-4-13(10)15/h3-4,6-7,9,12H,5,8H2,1-2H3. The van der Waals surface area contributed by atoms with E-state index in [0.29, 0.717) is 18.5 Å². The predicted octanol–water partition coefficient (Wildman–Crippen LogP) is 3.18. The van der Waals surface area contributed by atoms with E-state index < -0.39 is 0 Å². The largest absolute Gasteiger partial charge is 0.365 e. The molecule has 0 fully saturated rings. The van der Waals surface area contributed by atoms with Gasteiger partial charge in [0.05, 0.1) is 0 Å². The Hall–Kier alpha value is -0.830. The molecule has 0 radical (unpaired) electrons. The second-order valence-corrected chi connectivity index (χ2v) is 5.45. The zero-order chi connectivity index (χ0) is 11.7. The van der Waals surface area contributed by atoms with Gasteiger partial charge in [0.1, 0.15) is 6.29 Å². The smallest absolute Gasteiger partial charge is 0.122 e. The van der Waals surface area contributed by atoms with Gasteiger partial charge in [0.25, 0.3) is 0 Å². The molecule has 0 saturated carbocycles. The summed E-state index contributed by atoms with van der Waals surface area (Å²) in [6.07, 6.45) is 2.62. The highest BCUT2D eigenvalue weighted by molar-refractivity contribution is 9.10. The normalized spacial score (nSPS) is 19.0. The first-order valence-corrected chi connectivity index (χ1v) is 6.43. The Labute approximate surface area is 105 Å². The fourth-order valence-corrected chi connectivity index (χ4v) is 2.93. The van der Waals surface area contributed by atoms with Crippen LogP contribution >= 0.6 is 15.9 Å². The first-order chi connectivity index (χ1) is 7.63. The quantitative estimate of drug-likeness (QED) is 0.794. The molecule has 0 aliphatic carbocycles. The van der Waals surface area contributed by atoms with Gasteiger partial charge in [-0.15, -0.1) is 0 Å². The van der Waals surface area contributed by atoms with Crippen LogP contribution in [-0.4, -0.2) is 18.4 Å². The van der Waals surface area contributed by atoms with Gasteiger partial charge in [-0.2, -0.15) is 0 Å². The number of fused-ring (bicyclic) bond motifs is 1. The lowest BCUT2D eigenvalue weighted by Gasteiger charge is -2.30. The van der Waals surface area contributed by atoms with Crippen molar-refractivity contribution in [1.82, 2.24) is 0 Å². The van der Waals surface area contributed by atoms with Crippen LogP contribution in [0.3, 0.4) is 0 Å². The van der Waals surface area contributed by atoms with Crippen LogP contribution in [0.4, 0.5) is 5.69 Å². The maximum Gasteiger partial charge on any atom is 0.122 e. The van der Waals surface area contributed by atoms with E-state index in [1.807, 2.05) is 0 Å². The highest BCUT2D eigenvalue weighted by atomic mass is 79.9. The van der Waals surface area contributed by atoms with Crippen molar-refractivity contribution in [3.05, 3.63) is 28.2 Å². The van der Waals surface area contributed by atoms with Crippen molar-refractivity contribution in [1.29, 1.82) is 0 Å². The van der Waals surface area contributed by atoms with Crippen LogP contribution in [0.2, 0.25) is 0 Å². The van der Waals surface area contributed by atoms with Crippen molar-refractivity contribution in [2.75, 3.05) is 4.90 Å². The topological polar surface area (TPSA) is 20.3 Å². The van der Waals surface area contributed by atoms with Crippen molar-refractivity contribution < 1.29 is 4.79 Å². The van der Waals surface area contributed by atoms with E-state index in [0.717, 1.165) is 17.2 Å². The average Bonchev–Trinajstić information content (AvgIpc) is 2.55. The summed E-state index contributed by atoms with van der Waals surface area (Å²) < 4.78 is 1.11. The fraction of sp³-hybridized carbons (Fsp3) is 0.462. The minimum absolute atomic E-state index is 0.335. The molecule has 3 heteroatoms. The molecule has 0 saturated heterocycles. The molecule has 1 aliphatic heterocycles. The molecule has 0 bridgehead atoms. The SMILES string of the molecule is CC(C)N1c2ccc(Br)cc2CC1CC=O. The lowest BCUT2D eigenvalue weighted by atomic mass is 10.1. The van der Waals surface area contributed by atoms with E-state index in [1.165, 1.54) is 11.3 Å².